The lowest BCUT2D eigenvalue weighted by molar-refractivity contribution is 0.592. The molecule has 0 bridgehead atoms. The normalized spacial score (nSPS) is 10.8. The molecule has 0 radical (unpaired) electrons. The summed E-state index contributed by atoms with van der Waals surface area (Å²) < 4.78 is 0. The Morgan fingerprint density at radius 2 is 1.24 bits per heavy atom. The fourth-order valence-corrected chi connectivity index (χ4v) is 2.01. The van der Waals surface area contributed by atoms with E-state index in [2.05, 4.69) is 75.4 Å². The highest BCUT2D eigenvalue weighted by Gasteiger charge is 2.17. The van der Waals surface area contributed by atoms with Gasteiger partial charge in [0.05, 0.1) is 0 Å². The molecule has 17 heavy (non-hydrogen) atoms. The second-order valence-electron chi connectivity index (χ2n) is 5.16. The molecule has 0 saturated heterocycles. The first kappa shape index (κ1) is 13.5. The summed E-state index contributed by atoms with van der Waals surface area (Å²) in [5.41, 5.74) is 4.23. The molecule has 90 valence electrons. The van der Waals surface area contributed by atoms with Gasteiger partial charge in [0.1, 0.15) is 0 Å². The number of rotatable bonds is 1. The third kappa shape index (κ3) is 2.97. The summed E-state index contributed by atoms with van der Waals surface area (Å²) in [5, 5.41) is 0. The Balaban J connectivity index is 0.00000144. The Bertz CT molecular complexity index is 461. The average molecular weight is 226 g/mol. The van der Waals surface area contributed by atoms with Crippen molar-refractivity contribution in [2.24, 2.45) is 0 Å². The maximum Gasteiger partial charge on any atom is -0.0126 e. The van der Waals surface area contributed by atoms with Crippen molar-refractivity contribution in [3.05, 3.63) is 60.2 Å². The van der Waals surface area contributed by atoms with Crippen LogP contribution in [0.15, 0.2) is 54.6 Å². The molecule has 2 aromatic carbocycles. The predicted molar refractivity (Wildman–Crippen MR) is 77.3 cm³/mol. The van der Waals surface area contributed by atoms with E-state index >= 15 is 0 Å². The van der Waals surface area contributed by atoms with Gasteiger partial charge < -0.3 is 0 Å². The molecule has 0 aromatic heterocycles. The zero-order valence-electron chi connectivity index (χ0n) is 10.2. The van der Waals surface area contributed by atoms with E-state index in [1.807, 2.05) is 0 Å². The Labute approximate surface area is 105 Å². The topological polar surface area (TPSA) is 0 Å². The van der Waals surface area contributed by atoms with Gasteiger partial charge in [-0.3, -0.25) is 0 Å². The van der Waals surface area contributed by atoms with Gasteiger partial charge >= 0.3 is 0 Å². The van der Waals surface area contributed by atoms with Crippen LogP contribution in [0.4, 0.5) is 0 Å². The van der Waals surface area contributed by atoms with Crippen LogP contribution in [0.3, 0.4) is 0 Å². The van der Waals surface area contributed by atoms with Crippen molar-refractivity contribution < 1.29 is 0 Å². The van der Waals surface area contributed by atoms with Gasteiger partial charge in [0.25, 0.3) is 0 Å². The van der Waals surface area contributed by atoms with E-state index in [0.29, 0.717) is 0 Å². The van der Waals surface area contributed by atoms with E-state index in [0.717, 1.165) is 0 Å². The minimum atomic E-state index is 0. The first-order chi connectivity index (χ1) is 7.59. The fraction of sp³-hybridized carbons (Fsp3) is 0.294. The number of benzene rings is 2. The van der Waals surface area contributed by atoms with Crippen LogP contribution in [-0.4, -0.2) is 0 Å². The SMILES string of the molecule is C.CC(C)(C)c1ccccc1-c1ccccc1. The molecule has 0 spiro atoms. The maximum absolute atomic E-state index is 2.26. The standard InChI is InChI=1S/C16H18.CH4/c1-16(2,3)15-12-8-7-11-14(15)13-9-5-4-6-10-13;/h4-12H,1-3H3;1H4. The van der Waals surface area contributed by atoms with Crippen LogP contribution in [0.2, 0.25) is 0 Å². The minimum Gasteiger partial charge on any atom is -0.0776 e. The lowest BCUT2D eigenvalue weighted by Gasteiger charge is -2.23. The Kier molecular flexibility index (Phi) is 4.11. The average Bonchev–Trinajstić information content (AvgIpc) is 2.29. The Hall–Kier alpha value is -1.56. The van der Waals surface area contributed by atoms with Gasteiger partial charge in [-0.2, -0.15) is 0 Å². The van der Waals surface area contributed by atoms with Gasteiger partial charge in [-0.15, -0.1) is 0 Å². The summed E-state index contributed by atoms with van der Waals surface area (Å²) in [6.07, 6.45) is 0. The minimum absolute atomic E-state index is 0. The second kappa shape index (κ2) is 5.18. The van der Waals surface area contributed by atoms with Crippen molar-refractivity contribution in [3.8, 4) is 11.1 Å². The molecule has 0 nitrogen and oxygen atoms in total. The summed E-state index contributed by atoms with van der Waals surface area (Å²) in [5.74, 6) is 0. The fourth-order valence-electron chi connectivity index (χ4n) is 2.01. The van der Waals surface area contributed by atoms with Crippen LogP contribution in [-0.2, 0) is 5.41 Å². The van der Waals surface area contributed by atoms with Gasteiger partial charge in [0.2, 0.25) is 0 Å². The van der Waals surface area contributed by atoms with Crippen LogP contribution < -0.4 is 0 Å². The van der Waals surface area contributed by atoms with Crippen molar-refractivity contribution in [1.29, 1.82) is 0 Å². The third-order valence-electron chi connectivity index (χ3n) is 2.82. The quantitative estimate of drug-likeness (QED) is 0.620. The molecule has 0 amide bonds. The molecular weight excluding hydrogens is 204 g/mol. The molecule has 0 N–H and O–H groups in total. The van der Waals surface area contributed by atoms with Crippen molar-refractivity contribution >= 4 is 0 Å². The van der Waals surface area contributed by atoms with Crippen LogP contribution in [0.1, 0.15) is 33.8 Å². The maximum atomic E-state index is 2.26. The molecule has 0 aliphatic carbocycles. The zero-order valence-corrected chi connectivity index (χ0v) is 10.2. The van der Waals surface area contributed by atoms with Gasteiger partial charge in [0, 0.05) is 0 Å². The van der Waals surface area contributed by atoms with Crippen molar-refractivity contribution in [2.45, 2.75) is 33.6 Å². The number of hydrogen-bond acceptors (Lipinski definition) is 0. The highest BCUT2D eigenvalue weighted by molar-refractivity contribution is 5.68. The molecule has 0 aliphatic rings. The molecule has 0 unspecified atom stereocenters. The van der Waals surface area contributed by atoms with Crippen LogP contribution in [0.25, 0.3) is 11.1 Å². The number of hydrogen-bond donors (Lipinski definition) is 0. The molecule has 0 fully saturated rings. The van der Waals surface area contributed by atoms with Gasteiger partial charge in [0.15, 0.2) is 0 Å². The Morgan fingerprint density at radius 1 is 0.706 bits per heavy atom. The lowest BCUT2D eigenvalue weighted by atomic mass is 9.82. The molecule has 0 aliphatic heterocycles. The van der Waals surface area contributed by atoms with E-state index in [1.54, 1.807) is 0 Å². The summed E-state index contributed by atoms with van der Waals surface area (Å²) in [6, 6.07) is 19.2. The summed E-state index contributed by atoms with van der Waals surface area (Å²) in [6.45, 7) is 6.78. The molecular formula is C17H22. The second-order valence-corrected chi connectivity index (χ2v) is 5.16. The highest BCUT2D eigenvalue weighted by atomic mass is 14.2. The van der Waals surface area contributed by atoms with Gasteiger partial charge in [-0.25, -0.2) is 0 Å². The smallest absolute Gasteiger partial charge is 0.0126 e. The van der Waals surface area contributed by atoms with Crippen LogP contribution in [0.5, 0.6) is 0 Å². The predicted octanol–water partition coefficient (Wildman–Crippen LogP) is 5.29. The molecule has 0 heteroatoms. The van der Waals surface area contributed by atoms with Gasteiger partial charge in [-0.05, 0) is 22.1 Å². The molecule has 2 rings (SSSR count). The van der Waals surface area contributed by atoms with Crippen molar-refractivity contribution in [3.63, 3.8) is 0 Å². The first-order valence-corrected chi connectivity index (χ1v) is 5.74. The van der Waals surface area contributed by atoms with E-state index in [9.17, 15) is 0 Å². The van der Waals surface area contributed by atoms with E-state index in [4.69, 9.17) is 0 Å². The van der Waals surface area contributed by atoms with Crippen molar-refractivity contribution in [2.75, 3.05) is 0 Å². The van der Waals surface area contributed by atoms with E-state index in [1.165, 1.54) is 16.7 Å². The van der Waals surface area contributed by atoms with Crippen LogP contribution >= 0.6 is 0 Å². The summed E-state index contributed by atoms with van der Waals surface area (Å²) in [4.78, 5) is 0. The zero-order chi connectivity index (χ0) is 11.6. The lowest BCUT2D eigenvalue weighted by Crippen LogP contribution is -2.12. The Morgan fingerprint density at radius 3 is 1.82 bits per heavy atom. The monoisotopic (exact) mass is 226 g/mol. The van der Waals surface area contributed by atoms with Gasteiger partial charge in [-0.1, -0.05) is 82.8 Å². The third-order valence-corrected chi connectivity index (χ3v) is 2.82. The van der Waals surface area contributed by atoms with E-state index in [-0.39, 0.29) is 12.8 Å². The first-order valence-electron chi connectivity index (χ1n) is 5.74. The molecule has 0 saturated carbocycles. The summed E-state index contributed by atoms with van der Waals surface area (Å²) >= 11 is 0. The van der Waals surface area contributed by atoms with Crippen molar-refractivity contribution in [1.82, 2.24) is 0 Å². The molecule has 0 atom stereocenters. The van der Waals surface area contributed by atoms with Crippen LogP contribution in [0, 0.1) is 0 Å². The van der Waals surface area contributed by atoms with E-state index < -0.39 is 0 Å². The largest absolute Gasteiger partial charge is 0.0776 e. The molecule has 2 aromatic rings. The summed E-state index contributed by atoms with van der Waals surface area (Å²) in [7, 11) is 0. The highest BCUT2D eigenvalue weighted by Crippen LogP contribution is 2.32. The molecule has 0 heterocycles.